The number of unbranched alkanes of at least 4 members (excludes halogenated alkanes) is 3. The Hall–Kier alpha value is -1.29. The summed E-state index contributed by atoms with van der Waals surface area (Å²) in [7, 11) is 0. The number of benzene rings is 1. The van der Waals surface area contributed by atoms with Gasteiger partial charge in [0.2, 0.25) is 0 Å². The van der Waals surface area contributed by atoms with E-state index in [1.807, 2.05) is 0 Å². The Morgan fingerprint density at radius 1 is 0.920 bits per heavy atom. The Labute approximate surface area is 155 Å². The van der Waals surface area contributed by atoms with Crippen LogP contribution in [0.25, 0.3) is 0 Å². The molecule has 1 aliphatic carbocycles. The van der Waals surface area contributed by atoms with Crippen molar-refractivity contribution in [3.8, 4) is 6.07 Å². The van der Waals surface area contributed by atoms with Gasteiger partial charge in [0.25, 0.3) is 0 Å². The predicted molar refractivity (Wildman–Crippen MR) is 107 cm³/mol. The lowest BCUT2D eigenvalue weighted by Gasteiger charge is -2.31. The van der Waals surface area contributed by atoms with E-state index in [0.29, 0.717) is 5.92 Å². The monoisotopic (exact) mass is 339 g/mol. The van der Waals surface area contributed by atoms with Crippen molar-refractivity contribution in [3.63, 3.8) is 0 Å². The molecule has 1 aromatic rings. The van der Waals surface area contributed by atoms with Gasteiger partial charge in [-0.2, -0.15) is 5.26 Å². The quantitative estimate of drug-likeness (QED) is 0.417. The van der Waals surface area contributed by atoms with Crippen molar-refractivity contribution in [3.05, 3.63) is 35.4 Å². The van der Waals surface area contributed by atoms with Crippen LogP contribution in [0, 0.1) is 29.1 Å². The van der Waals surface area contributed by atoms with Gasteiger partial charge in [0, 0.05) is 0 Å². The van der Waals surface area contributed by atoms with E-state index in [-0.39, 0.29) is 5.92 Å². The topological polar surface area (TPSA) is 23.8 Å². The maximum absolute atomic E-state index is 9.69. The molecule has 0 amide bonds. The Bertz CT molecular complexity index is 502. The van der Waals surface area contributed by atoms with Crippen molar-refractivity contribution in [1.29, 1.82) is 5.26 Å². The number of aryl methyl sites for hydroxylation is 1. The third-order valence-corrected chi connectivity index (χ3v) is 6.14. The van der Waals surface area contributed by atoms with Gasteiger partial charge in [-0.3, -0.25) is 0 Å². The molecule has 1 atom stereocenters. The van der Waals surface area contributed by atoms with E-state index in [1.165, 1.54) is 81.8 Å². The maximum atomic E-state index is 9.69. The number of nitrogens with zero attached hydrogens (tertiary/aromatic N) is 1. The van der Waals surface area contributed by atoms with Crippen molar-refractivity contribution >= 4 is 0 Å². The molecule has 1 nitrogen and oxygen atoms in total. The van der Waals surface area contributed by atoms with Crippen LogP contribution in [-0.2, 0) is 12.8 Å². The van der Waals surface area contributed by atoms with Crippen LogP contribution in [0.3, 0.4) is 0 Å². The normalized spacial score (nSPS) is 21.6. The van der Waals surface area contributed by atoms with Gasteiger partial charge >= 0.3 is 0 Å². The van der Waals surface area contributed by atoms with Gasteiger partial charge in [-0.1, -0.05) is 83.1 Å². The number of hydrogen-bond acceptors (Lipinski definition) is 1. The summed E-state index contributed by atoms with van der Waals surface area (Å²) in [5.74, 6) is 1.75. The fourth-order valence-electron chi connectivity index (χ4n) is 4.36. The molecule has 0 radical (unpaired) electrons. The van der Waals surface area contributed by atoms with E-state index >= 15 is 0 Å². The zero-order valence-corrected chi connectivity index (χ0v) is 16.5. The predicted octanol–water partition coefficient (Wildman–Crippen LogP) is 7.10. The molecular weight excluding hydrogens is 302 g/mol. The van der Waals surface area contributed by atoms with E-state index < -0.39 is 0 Å². The molecule has 1 aliphatic rings. The van der Waals surface area contributed by atoms with Crippen molar-refractivity contribution in [1.82, 2.24) is 0 Å². The van der Waals surface area contributed by atoms with Crippen LogP contribution >= 0.6 is 0 Å². The molecular formula is C24H37N. The highest BCUT2D eigenvalue weighted by Gasteiger charge is 2.27. The van der Waals surface area contributed by atoms with Crippen molar-refractivity contribution in [2.24, 2.45) is 17.8 Å². The molecule has 1 saturated carbocycles. The number of nitriles is 1. The van der Waals surface area contributed by atoms with Crippen LogP contribution in [0.4, 0.5) is 0 Å². The molecule has 2 rings (SSSR count). The number of rotatable bonds is 10. The molecule has 1 unspecified atom stereocenters. The van der Waals surface area contributed by atoms with Crippen LogP contribution in [0.2, 0.25) is 0 Å². The number of hydrogen-bond donors (Lipinski definition) is 0. The first-order valence-corrected chi connectivity index (χ1v) is 10.7. The largest absolute Gasteiger partial charge is 0.198 e. The van der Waals surface area contributed by atoms with Gasteiger partial charge in [0.1, 0.15) is 0 Å². The second-order valence-corrected chi connectivity index (χ2v) is 8.14. The Morgan fingerprint density at radius 2 is 1.56 bits per heavy atom. The minimum absolute atomic E-state index is 0.207. The standard InChI is InChI=1S/C24H37N/c1-3-5-7-9-21-10-12-22(13-11-21)18-24(19-25)23-16-14-20(15-17-23)8-6-4-2/h10-13,20,23-24H,3-9,14-18H2,1-2H3/t20-,23-,24?. The van der Waals surface area contributed by atoms with Crippen molar-refractivity contribution in [2.75, 3.05) is 0 Å². The molecule has 1 fully saturated rings. The zero-order valence-electron chi connectivity index (χ0n) is 16.5. The van der Waals surface area contributed by atoms with Crippen molar-refractivity contribution < 1.29 is 0 Å². The van der Waals surface area contributed by atoms with E-state index in [0.717, 1.165) is 12.3 Å². The van der Waals surface area contributed by atoms with E-state index in [2.05, 4.69) is 44.2 Å². The Morgan fingerprint density at radius 3 is 2.16 bits per heavy atom. The van der Waals surface area contributed by atoms with E-state index in [1.54, 1.807) is 0 Å². The minimum Gasteiger partial charge on any atom is -0.198 e. The van der Waals surface area contributed by atoms with Gasteiger partial charge in [-0.05, 0) is 55.1 Å². The third kappa shape index (κ3) is 6.85. The average Bonchev–Trinajstić information content (AvgIpc) is 2.66. The summed E-state index contributed by atoms with van der Waals surface area (Å²) in [5, 5.41) is 9.69. The highest BCUT2D eigenvalue weighted by molar-refractivity contribution is 5.24. The van der Waals surface area contributed by atoms with Crippen LogP contribution in [-0.4, -0.2) is 0 Å². The lowest BCUT2D eigenvalue weighted by Crippen LogP contribution is -2.22. The summed E-state index contributed by atoms with van der Waals surface area (Å²) < 4.78 is 0. The Kier molecular flexibility index (Phi) is 9.09. The molecule has 0 aromatic heterocycles. The molecule has 0 saturated heterocycles. The fourth-order valence-corrected chi connectivity index (χ4v) is 4.36. The lowest BCUT2D eigenvalue weighted by molar-refractivity contribution is 0.221. The fraction of sp³-hybridized carbons (Fsp3) is 0.708. The third-order valence-electron chi connectivity index (χ3n) is 6.14. The first-order valence-electron chi connectivity index (χ1n) is 10.7. The smallest absolute Gasteiger partial charge is 0.0662 e. The van der Waals surface area contributed by atoms with Crippen molar-refractivity contribution in [2.45, 2.75) is 90.9 Å². The van der Waals surface area contributed by atoms with Gasteiger partial charge in [0.05, 0.1) is 12.0 Å². The molecule has 0 spiro atoms. The second-order valence-electron chi connectivity index (χ2n) is 8.14. The second kappa shape index (κ2) is 11.3. The van der Waals surface area contributed by atoms with Gasteiger partial charge in [-0.15, -0.1) is 0 Å². The van der Waals surface area contributed by atoms with Crippen LogP contribution in [0.1, 0.15) is 89.2 Å². The van der Waals surface area contributed by atoms with Crippen LogP contribution in [0.15, 0.2) is 24.3 Å². The SMILES string of the molecule is CCCCCc1ccc(CC(C#N)[C@H]2CC[C@H](CCCC)CC2)cc1. The maximum Gasteiger partial charge on any atom is 0.0662 e. The molecule has 0 heterocycles. The molecule has 0 N–H and O–H groups in total. The van der Waals surface area contributed by atoms with E-state index in [9.17, 15) is 5.26 Å². The van der Waals surface area contributed by atoms with Gasteiger partial charge in [0.15, 0.2) is 0 Å². The first-order chi connectivity index (χ1) is 12.3. The summed E-state index contributed by atoms with van der Waals surface area (Å²) in [4.78, 5) is 0. The molecule has 0 aliphatic heterocycles. The minimum atomic E-state index is 0.207. The molecule has 1 heteroatoms. The van der Waals surface area contributed by atoms with Crippen LogP contribution < -0.4 is 0 Å². The summed E-state index contributed by atoms with van der Waals surface area (Å²) in [6.07, 6.45) is 15.3. The van der Waals surface area contributed by atoms with Gasteiger partial charge < -0.3 is 0 Å². The summed E-state index contributed by atoms with van der Waals surface area (Å²) >= 11 is 0. The lowest BCUT2D eigenvalue weighted by atomic mass is 9.73. The molecule has 0 bridgehead atoms. The molecule has 1 aromatic carbocycles. The highest BCUT2D eigenvalue weighted by atomic mass is 14.4. The Balaban J connectivity index is 1.81. The summed E-state index contributed by atoms with van der Waals surface area (Å²) in [5.41, 5.74) is 2.79. The zero-order chi connectivity index (χ0) is 17.9. The average molecular weight is 340 g/mol. The van der Waals surface area contributed by atoms with E-state index in [4.69, 9.17) is 0 Å². The van der Waals surface area contributed by atoms with Crippen LogP contribution in [0.5, 0.6) is 0 Å². The summed E-state index contributed by atoms with van der Waals surface area (Å²) in [6.45, 7) is 4.54. The highest BCUT2D eigenvalue weighted by Crippen LogP contribution is 2.36. The molecule has 25 heavy (non-hydrogen) atoms. The summed E-state index contributed by atoms with van der Waals surface area (Å²) in [6, 6.07) is 11.7. The first kappa shape index (κ1) is 20.0. The molecule has 138 valence electrons. The van der Waals surface area contributed by atoms with Gasteiger partial charge in [-0.25, -0.2) is 0 Å².